The van der Waals surface area contributed by atoms with Crippen molar-refractivity contribution in [2.75, 3.05) is 0 Å². The summed E-state index contributed by atoms with van der Waals surface area (Å²) in [6.45, 7) is 31.7. The van der Waals surface area contributed by atoms with Gasteiger partial charge in [-0.25, -0.2) is 0 Å². The van der Waals surface area contributed by atoms with E-state index in [1.54, 1.807) is 0 Å². The first kappa shape index (κ1) is 30.0. The Labute approximate surface area is 192 Å². The smallest absolute Gasteiger partial charge is 0.417 e. The largest absolute Gasteiger partial charge is 0.467 e. The number of halogens is 1. The lowest BCUT2D eigenvalue weighted by Crippen LogP contribution is -2.63. The van der Waals surface area contributed by atoms with Gasteiger partial charge in [-0.3, -0.25) is 0 Å². The van der Waals surface area contributed by atoms with Crippen LogP contribution >= 0.6 is 11.1 Å². The van der Waals surface area contributed by atoms with Crippen molar-refractivity contribution in [3.63, 3.8) is 0 Å². The van der Waals surface area contributed by atoms with Crippen LogP contribution in [0.3, 0.4) is 0 Å². The minimum absolute atomic E-state index is 0.491. The zero-order valence-corrected chi connectivity index (χ0v) is 26.7. The number of rotatable bonds is 13. The molecule has 0 aliphatic rings. The molecule has 0 spiro atoms. The molecular weight excluding hydrogens is 448 g/mol. The summed E-state index contributed by atoms with van der Waals surface area (Å²) in [7, 11) is -9.43. The lowest BCUT2D eigenvalue weighted by atomic mass is 10.3. The lowest BCUT2D eigenvalue weighted by molar-refractivity contribution is 0.247. The predicted molar refractivity (Wildman–Crippen MR) is 140 cm³/mol. The van der Waals surface area contributed by atoms with Crippen molar-refractivity contribution in [3.05, 3.63) is 0 Å². The summed E-state index contributed by atoms with van der Waals surface area (Å²) in [6, 6.07) is 1.88. The van der Waals surface area contributed by atoms with E-state index in [9.17, 15) is 0 Å². The van der Waals surface area contributed by atoms with Gasteiger partial charge in [0.2, 0.25) is 0 Å². The monoisotopic (exact) mass is 498 g/mol. The summed E-state index contributed by atoms with van der Waals surface area (Å²) < 4.78 is 21.1. The van der Waals surface area contributed by atoms with Gasteiger partial charge in [0.25, 0.3) is 7.63 Å². The summed E-state index contributed by atoms with van der Waals surface area (Å²) in [5.74, 6) is 1.01. The Morgan fingerprint density at radius 1 is 0.586 bits per heavy atom. The normalized spacial score (nSPS) is 16.6. The molecule has 0 N–H and O–H groups in total. The minimum Gasteiger partial charge on any atom is -0.417 e. The second kappa shape index (κ2) is 11.3. The Hall–Kier alpha value is 1.04. The Morgan fingerprint density at radius 3 is 1.17 bits per heavy atom. The van der Waals surface area contributed by atoms with Crippen LogP contribution in [0, 0.1) is 11.8 Å². The highest BCUT2D eigenvalue weighted by molar-refractivity contribution is 7.19. The molecule has 0 aromatic carbocycles. The van der Waals surface area contributed by atoms with E-state index in [0.29, 0.717) is 28.5 Å². The molecule has 0 aliphatic heterocycles. The van der Waals surface area contributed by atoms with Gasteiger partial charge in [-0.1, -0.05) is 69.2 Å². The molecule has 0 aromatic rings. The van der Waals surface area contributed by atoms with Crippen LogP contribution < -0.4 is 0 Å². The zero-order chi connectivity index (χ0) is 23.4. The first-order chi connectivity index (χ1) is 12.8. The number of hydrogen-bond acceptors (Lipinski definition) is 3. The van der Waals surface area contributed by atoms with Crippen LogP contribution in [0.4, 0.5) is 0 Å². The van der Waals surface area contributed by atoms with Gasteiger partial charge in [0, 0.05) is 6.55 Å². The van der Waals surface area contributed by atoms with Crippen LogP contribution in [-0.2, 0) is 12.3 Å². The molecule has 0 fully saturated rings. The van der Waals surface area contributed by atoms with E-state index < -0.39 is 33.1 Å². The third kappa shape index (κ3) is 9.59. The second-order valence-electron chi connectivity index (χ2n) is 11.7. The molecule has 0 bridgehead atoms. The quantitative estimate of drug-likeness (QED) is 0.188. The average Bonchev–Trinajstić information content (AvgIpc) is 2.38. The summed E-state index contributed by atoms with van der Waals surface area (Å²) in [6.07, 6.45) is 0. The molecule has 1 atom stereocenters. The SMILES string of the molecule is CC(C)C[Si](Cl)(CC(C)C)O[Si](C)(O[Si](C)(C)C)O[Si](C(C)C)(C(C)C)C(C)C. The van der Waals surface area contributed by atoms with Gasteiger partial charge in [0.05, 0.1) is 0 Å². The summed E-state index contributed by atoms with van der Waals surface area (Å²) in [4.78, 5) is 0. The molecule has 0 rings (SSSR count). The molecule has 3 nitrogen and oxygen atoms in total. The third-order valence-electron chi connectivity index (χ3n) is 5.36. The lowest BCUT2D eigenvalue weighted by Gasteiger charge is -2.49. The van der Waals surface area contributed by atoms with Crippen molar-refractivity contribution in [1.82, 2.24) is 0 Å². The van der Waals surface area contributed by atoms with Crippen molar-refractivity contribution in [1.29, 1.82) is 0 Å². The van der Waals surface area contributed by atoms with Crippen LogP contribution in [0.1, 0.15) is 69.2 Å². The maximum Gasteiger partial charge on any atom is 0.467 e. The summed E-state index contributed by atoms with van der Waals surface area (Å²) >= 11 is 7.33. The standard InChI is InChI=1S/C21H51ClO3Si4/c1-17(2)15-28(22,16-18(3)4)24-27(14,23-26(11,12)13)25-29(19(5)6,20(7)8)21(9)10/h17-21H,15-16H2,1-14H3. The highest BCUT2D eigenvalue weighted by Crippen LogP contribution is 2.46. The Bertz CT molecular complexity index is 461. The maximum atomic E-state index is 7.33. The highest BCUT2D eigenvalue weighted by atomic mass is 35.6. The first-order valence-corrected chi connectivity index (χ1v) is 22.7. The molecule has 0 radical (unpaired) electrons. The summed E-state index contributed by atoms with van der Waals surface area (Å²) in [5, 5.41) is 0. The Morgan fingerprint density at radius 2 is 0.931 bits per heavy atom. The Kier molecular flexibility index (Phi) is 11.7. The van der Waals surface area contributed by atoms with E-state index >= 15 is 0 Å². The molecule has 0 aliphatic carbocycles. The third-order valence-corrected chi connectivity index (χ3v) is 25.0. The highest BCUT2D eigenvalue weighted by Gasteiger charge is 2.56. The van der Waals surface area contributed by atoms with E-state index in [1.807, 2.05) is 0 Å². The molecule has 0 saturated heterocycles. The zero-order valence-electron chi connectivity index (χ0n) is 21.9. The van der Waals surface area contributed by atoms with Crippen LogP contribution in [0.2, 0.25) is 54.9 Å². The first-order valence-electron chi connectivity index (χ1n) is 11.6. The van der Waals surface area contributed by atoms with Gasteiger partial charge in [-0.15, -0.1) is 11.1 Å². The molecular formula is C21H51ClO3Si4. The van der Waals surface area contributed by atoms with Crippen molar-refractivity contribution >= 4 is 44.1 Å². The topological polar surface area (TPSA) is 27.7 Å². The van der Waals surface area contributed by atoms with Crippen LogP contribution in [0.5, 0.6) is 0 Å². The van der Waals surface area contributed by atoms with Crippen molar-refractivity contribution in [2.45, 2.75) is 124 Å². The summed E-state index contributed by atoms with van der Waals surface area (Å²) in [5.41, 5.74) is 1.47. The van der Waals surface area contributed by atoms with E-state index in [-0.39, 0.29) is 0 Å². The maximum absolute atomic E-state index is 7.33. The molecule has 1 unspecified atom stereocenters. The van der Waals surface area contributed by atoms with Crippen molar-refractivity contribution in [3.8, 4) is 0 Å². The van der Waals surface area contributed by atoms with E-state index in [0.717, 1.165) is 12.1 Å². The molecule has 0 saturated carbocycles. The van der Waals surface area contributed by atoms with Crippen molar-refractivity contribution in [2.24, 2.45) is 11.8 Å². The van der Waals surface area contributed by atoms with Crippen LogP contribution in [-0.4, -0.2) is 33.1 Å². The molecule has 0 aromatic heterocycles. The van der Waals surface area contributed by atoms with Gasteiger partial charge < -0.3 is 12.3 Å². The molecule has 8 heteroatoms. The second-order valence-corrected chi connectivity index (χ2v) is 29.9. The van der Waals surface area contributed by atoms with Gasteiger partial charge in [0.15, 0.2) is 16.6 Å². The fraction of sp³-hybridized carbons (Fsp3) is 1.00. The molecule has 176 valence electrons. The van der Waals surface area contributed by atoms with Gasteiger partial charge in [0.1, 0.15) is 0 Å². The van der Waals surface area contributed by atoms with E-state index in [1.165, 1.54) is 0 Å². The molecule has 0 heterocycles. The van der Waals surface area contributed by atoms with E-state index in [2.05, 4.69) is 95.4 Å². The van der Waals surface area contributed by atoms with Crippen LogP contribution in [0.25, 0.3) is 0 Å². The van der Waals surface area contributed by atoms with Crippen LogP contribution in [0.15, 0.2) is 0 Å². The number of hydrogen-bond donors (Lipinski definition) is 0. The van der Waals surface area contributed by atoms with Gasteiger partial charge >= 0.3 is 8.80 Å². The fourth-order valence-electron chi connectivity index (χ4n) is 5.01. The Balaban J connectivity index is 6.30. The van der Waals surface area contributed by atoms with Gasteiger partial charge in [-0.2, -0.15) is 0 Å². The predicted octanol–water partition coefficient (Wildman–Crippen LogP) is 8.61. The molecule has 29 heavy (non-hydrogen) atoms. The van der Waals surface area contributed by atoms with E-state index in [4.69, 9.17) is 23.4 Å². The van der Waals surface area contributed by atoms with Gasteiger partial charge in [-0.05, 0) is 60.2 Å². The molecule has 0 amide bonds. The minimum atomic E-state index is -2.92. The average molecular weight is 499 g/mol. The van der Waals surface area contributed by atoms with Crippen molar-refractivity contribution < 1.29 is 12.3 Å². The fourth-order valence-corrected chi connectivity index (χ4v) is 29.5.